The number of benzene rings is 2. The summed E-state index contributed by atoms with van der Waals surface area (Å²) >= 11 is 12.1. The van der Waals surface area contributed by atoms with Crippen molar-refractivity contribution in [1.29, 1.82) is 0 Å². The number of hydrogen-bond donors (Lipinski definition) is 0. The average molecular weight is 319 g/mol. The minimum Gasteiger partial charge on any atom is -0.268 e. The molecule has 0 amide bonds. The molecule has 0 spiro atoms. The summed E-state index contributed by atoms with van der Waals surface area (Å²) in [6.45, 7) is 3.71. The molecule has 1 heterocycles. The quantitative estimate of drug-likeness (QED) is 0.670. The van der Waals surface area contributed by atoms with Crippen LogP contribution in [0.25, 0.3) is 16.6 Å². The molecule has 1 aromatic heterocycles. The van der Waals surface area contributed by atoms with Crippen LogP contribution < -0.4 is 5.56 Å². The maximum Gasteiger partial charge on any atom is 0.267 e. The van der Waals surface area contributed by atoms with Gasteiger partial charge in [-0.15, -0.1) is 0 Å². The van der Waals surface area contributed by atoms with Crippen LogP contribution in [0.5, 0.6) is 0 Å². The van der Waals surface area contributed by atoms with E-state index in [9.17, 15) is 4.79 Å². The third kappa shape index (κ3) is 2.33. The zero-order chi connectivity index (χ0) is 15.1. The Balaban J connectivity index is 2.43. The molecule has 0 N–H and O–H groups in total. The molecule has 0 saturated heterocycles. The maximum absolute atomic E-state index is 12.8. The maximum atomic E-state index is 12.8. The Bertz CT molecular complexity index is 916. The minimum absolute atomic E-state index is 0.173. The van der Waals surface area contributed by atoms with Gasteiger partial charge in [-0.3, -0.25) is 9.36 Å². The zero-order valence-corrected chi connectivity index (χ0v) is 13.0. The van der Waals surface area contributed by atoms with Crippen molar-refractivity contribution in [3.05, 3.63) is 68.2 Å². The van der Waals surface area contributed by atoms with Crippen LogP contribution in [0.1, 0.15) is 11.4 Å². The second kappa shape index (κ2) is 5.17. The smallest absolute Gasteiger partial charge is 0.267 e. The van der Waals surface area contributed by atoms with Crippen LogP contribution in [0.2, 0.25) is 10.0 Å². The lowest BCUT2D eigenvalue weighted by Gasteiger charge is -2.13. The van der Waals surface area contributed by atoms with Crippen LogP contribution >= 0.6 is 23.2 Å². The molecule has 0 atom stereocenters. The molecule has 5 heteroatoms. The van der Waals surface area contributed by atoms with E-state index in [4.69, 9.17) is 23.2 Å². The standard InChI is InChI=1S/C16H12Cl2N2O/c1-9-8-11(17)6-7-14(9)20-10(2)19-13-5-3-4-12(18)15(13)16(20)21/h3-8H,1-2H3. The largest absolute Gasteiger partial charge is 0.268 e. The molecule has 21 heavy (non-hydrogen) atoms. The number of aromatic nitrogens is 2. The van der Waals surface area contributed by atoms with Gasteiger partial charge in [-0.05, 0) is 49.7 Å². The molecule has 0 fully saturated rings. The Labute approximate surface area is 131 Å². The van der Waals surface area contributed by atoms with Crippen molar-refractivity contribution in [3.8, 4) is 5.69 Å². The van der Waals surface area contributed by atoms with Gasteiger partial charge in [0.2, 0.25) is 0 Å². The van der Waals surface area contributed by atoms with Crippen LogP contribution in [0.4, 0.5) is 0 Å². The summed E-state index contributed by atoms with van der Waals surface area (Å²) in [5, 5.41) is 1.47. The van der Waals surface area contributed by atoms with E-state index in [0.717, 1.165) is 11.3 Å². The Morgan fingerprint density at radius 2 is 1.86 bits per heavy atom. The Kier molecular flexibility index (Phi) is 3.47. The SMILES string of the molecule is Cc1cc(Cl)ccc1-n1c(C)nc2cccc(Cl)c2c1=O. The predicted molar refractivity (Wildman–Crippen MR) is 86.8 cm³/mol. The molecule has 106 valence electrons. The van der Waals surface area contributed by atoms with Crippen molar-refractivity contribution in [3.63, 3.8) is 0 Å². The lowest BCUT2D eigenvalue weighted by atomic mass is 10.2. The van der Waals surface area contributed by atoms with Crippen LogP contribution in [0.3, 0.4) is 0 Å². The van der Waals surface area contributed by atoms with E-state index in [1.165, 1.54) is 0 Å². The first-order chi connectivity index (χ1) is 9.99. The van der Waals surface area contributed by atoms with Gasteiger partial charge in [0.05, 0.1) is 21.6 Å². The first kappa shape index (κ1) is 14.1. The summed E-state index contributed by atoms with van der Waals surface area (Å²) in [5.74, 6) is 0.611. The molecule has 0 radical (unpaired) electrons. The third-order valence-electron chi connectivity index (χ3n) is 3.41. The van der Waals surface area contributed by atoms with Crippen LogP contribution in [0.15, 0.2) is 41.2 Å². The van der Waals surface area contributed by atoms with Crippen molar-refractivity contribution in [1.82, 2.24) is 9.55 Å². The van der Waals surface area contributed by atoms with E-state index in [1.54, 1.807) is 35.8 Å². The minimum atomic E-state index is -0.173. The number of fused-ring (bicyclic) bond motifs is 1. The molecule has 0 aliphatic heterocycles. The Morgan fingerprint density at radius 1 is 1.10 bits per heavy atom. The van der Waals surface area contributed by atoms with Gasteiger partial charge >= 0.3 is 0 Å². The lowest BCUT2D eigenvalue weighted by molar-refractivity contribution is 0.888. The summed E-state index contributed by atoms with van der Waals surface area (Å²) in [5.41, 5.74) is 2.10. The zero-order valence-electron chi connectivity index (χ0n) is 11.5. The number of nitrogens with zero attached hydrogens (tertiary/aromatic N) is 2. The molecule has 0 unspecified atom stereocenters. The van der Waals surface area contributed by atoms with Crippen molar-refractivity contribution in [2.45, 2.75) is 13.8 Å². The van der Waals surface area contributed by atoms with Gasteiger partial charge < -0.3 is 0 Å². The average Bonchev–Trinajstić information content (AvgIpc) is 2.40. The van der Waals surface area contributed by atoms with Gasteiger partial charge in [-0.25, -0.2) is 4.98 Å². The molecule has 2 aromatic carbocycles. The van der Waals surface area contributed by atoms with Gasteiger partial charge in [0, 0.05) is 5.02 Å². The summed E-state index contributed by atoms with van der Waals surface area (Å²) in [4.78, 5) is 17.3. The van der Waals surface area contributed by atoms with E-state index in [2.05, 4.69) is 4.98 Å². The highest BCUT2D eigenvalue weighted by atomic mass is 35.5. The fourth-order valence-electron chi connectivity index (χ4n) is 2.45. The molecule has 0 aliphatic rings. The molecule has 3 nitrogen and oxygen atoms in total. The van der Waals surface area contributed by atoms with E-state index < -0.39 is 0 Å². The second-order valence-electron chi connectivity index (χ2n) is 4.86. The highest BCUT2D eigenvalue weighted by Crippen LogP contribution is 2.22. The highest BCUT2D eigenvalue weighted by molar-refractivity contribution is 6.35. The number of hydrogen-bond acceptors (Lipinski definition) is 2. The van der Waals surface area contributed by atoms with E-state index in [0.29, 0.717) is 26.8 Å². The molecule has 0 aliphatic carbocycles. The summed E-state index contributed by atoms with van der Waals surface area (Å²) in [7, 11) is 0. The normalized spacial score (nSPS) is 11.0. The highest BCUT2D eigenvalue weighted by Gasteiger charge is 2.13. The van der Waals surface area contributed by atoms with Gasteiger partial charge in [0.25, 0.3) is 5.56 Å². The van der Waals surface area contributed by atoms with Gasteiger partial charge in [-0.1, -0.05) is 29.3 Å². The van der Waals surface area contributed by atoms with E-state index >= 15 is 0 Å². The summed E-state index contributed by atoms with van der Waals surface area (Å²) in [6, 6.07) is 10.7. The predicted octanol–water partition coefficient (Wildman–Crippen LogP) is 4.31. The topological polar surface area (TPSA) is 34.9 Å². The van der Waals surface area contributed by atoms with Crippen LogP contribution in [-0.4, -0.2) is 9.55 Å². The summed E-state index contributed by atoms with van der Waals surface area (Å²) in [6.07, 6.45) is 0. The monoisotopic (exact) mass is 318 g/mol. The van der Waals surface area contributed by atoms with E-state index in [-0.39, 0.29) is 5.56 Å². The van der Waals surface area contributed by atoms with Crippen molar-refractivity contribution < 1.29 is 0 Å². The lowest BCUT2D eigenvalue weighted by Crippen LogP contribution is -2.23. The van der Waals surface area contributed by atoms with Crippen molar-refractivity contribution in [2.75, 3.05) is 0 Å². The molecular weight excluding hydrogens is 307 g/mol. The van der Waals surface area contributed by atoms with Crippen molar-refractivity contribution >= 4 is 34.1 Å². The molecule has 0 saturated carbocycles. The fraction of sp³-hybridized carbons (Fsp3) is 0.125. The second-order valence-corrected chi connectivity index (χ2v) is 5.71. The third-order valence-corrected chi connectivity index (χ3v) is 3.96. The summed E-state index contributed by atoms with van der Waals surface area (Å²) < 4.78 is 1.57. The number of aryl methyl sites for hydroxylation is 2. The first-order valence-corrected chi connectivity index (χ1v) is 7.19. The molecule has 3 rings (SSSR count). The number of halogens is 2. The fourth-order valence-corrected chi connectivity index (χ4v) is 2.93. The van der Waals surface area contributed by atoms with Gasteiger partial charge in [0.15, 0.2) is 0 Å². The Hall–Kier alpha value is -1.84. The molecule has 3 aromatic rings. The first-order valence-electron chi connectivity index (χ1n) is 6.43. The van der Waals surface area contributed by atoms with Gasteiger partial charge in [0.1, 0.15) is 5.82 Å². The van der Waals surface area contributed by atoms with Crippen molar-refractivity contribution in [2.24, 2.45) is 0 Å². The van der Waals surface area contributed by atoms with Crippen LogP contribution in [-0.2, 0) is 0 Å². The molecule has 0 bridgehead atoms. The van der Waals surface area contributed by atoms with Gasteiger partial charge in [-0.2, -0.15) is 0 Å². The Morgan fingerprint density at radius 3 is 2.57 bits per heavy atom. The van der Waals surface area contributed by atoms with E-state index in [1.807, 2.05) is 19.1 Å². The molecular formula is C16H12Cl2N2O. The van der Waals surface area contributed by atoms with Crippen LogP contribution in [0, 0.1) is 13.8 Å². The number of rotatable bonds is 1.